The van der Waals surface area contributed by atoms with Gasteiger partial charge in [0.25, 0.3) is 0 Å². The molecule has 3 saturated carbocycles. The number of ketones is 1. The average molecular weight is 540 g/mol. The van der Waals surface area contributed by atoms with Crippen LogP contribution in [-0.4, -0.2) is 32.4 Å². The van der Waals surface area contributed by atoms with Crippen LogP contribution in [0.5, 0.6) is 5.75 Å². The minimum Gasteiger partial charge on any atom is -0.482 e. The van der Waals surface area contributed by atoms with Crippen molar-refractivity contribution in [3.05, 3.63) is 35.4 Å². The quantitative estimate of drug-likeness (QED) is 0.422. The van der Waals surface area contributed by atoms with E-state index in [0.29, 0.717) is 47.8 Å². The Morgan fingerprint density at radius 2 is 1.95 bits per heavy atom. The molecule has 1 aromatic carbocycles. The maximum absolute atomic E-state index is 13.1. The summed E-state index contributed by atoms with van der Waals surface area (Å²) in [5, 5.41) is 5.20. The van der Waals surface area contributed by atoms with Gasteiger partial charge in [0, 0.05) is 11.8 Å². The van der Waals surface area contributed by atoms with Crippen LogP contribution in [0, 0.1) is 48.4 Å². The van der Waals surface area contributed by atoms with Crippen molar-refractivity contribution in [1.29, 1.82) is 0 Å². The number of hydrogen-bond donors (Lipinski definition) is 1. The molecule has 4 aliphatic carbocycles. The van der Waals surface area contributed by atoms with Crippen molar-refractivity contribution >= 4 is 21.8 Å². The molecule has 0 spiro atoms. The van der Waals surface area contributed by atoms with Gasteiger partial charge in [0.15, 0.2) is 18.0 Å². The van der Waals surface area contributed by atoms with Crippen LogP contribution in [0.1, 0.15) is 70.3 Å². The second-order valence-electron chi connectivity index (χ2n) is 11.6. The second kappa shape index (κ2) is 9.84. The highest BCUT2D eigenvalue weighted by Gasteiger charge is 2.65. The van der Waals surface area contributed by atoms with E-state index in [4.69, 9.17) is 21.0 Å². The SMILES string of the molecule is C#C[C@]1(OC(=O)COc2ccc(S(N)(=O)=O)cc2C)CCC2C3CCC4=CC(=O)CCC4C3CC[C@@]21CC. The number of nitrogens with two attached hydrogens (primary N) is 1. The molecule has 0 saturated heterocycles. The number of benzene rings is 1. The van der Waals surface area contributed by atoms with Crippen LogP contribution < -0.4 is 9.88 Å². The molecule has 0 bridgehead atoms. The standard InChI is InChI=1S/C30H37NO6S/c1-4-29-14-12-24-23-10-7-21(32)17-20(23)6-9-25(24)26(29)13-15-30(29,5-2)37-28(33)18-36-27-11-8-22(16-19(27)3)38(31,34)35/h2,8,11,16-17,23-26H,4,6-7,9-10,12-15,18H2,1,3H3,(H2,31,34,35)/t23?,24?,25?,26?,29-,30-/m0/s1. The van der Waals surface area contributed by atoms with Crippen molar-refractivity contribution in [2.24, 2.45) is 34.2 Å². The van der Waals surface area contributed by atoms with Crippen LogP contribution in [0.2, 0.25) is 0 Å². The predicted molar refractivity (Wildman–Crippen MR) is 142 cm³/mol. The Morgan fingerprint density at radius 3 is 2.63 bits per heavy atom. The lowest BCUT2D eigenvalue weighted by Gasteiger charge is -2.56. The van der Waals surface area contributed by atoms with Gasteiger partial charge in [-0.25, -0.2) is 18.4 Å². The first-order chi connectivity index (χ1) is 18.0. The number of ether oxygens (including phenoxy) is 2. The van der Waals surface area contributed by atoms with Crippen LogP contribution in [0.3, 0.4) is 0 Å². The summed E-state index contributed by atoms with van der Waals surface area (Å²) in [6.45, 7) is 3.54. The van der Waals surface area contributed by atoms with E-state index in [0.717, 1.165) is 44.9 Å². The van der Waals surface area contributed by atoms with E-state index in [2.05, 4.69) is 12.8 Å². The van der Waals surface area contributed by atoms with Gasteiger partial charge in [-0.3, -0.25) is 4.79 Å². The summed E-state index contributed by atoms with van der Waals surface area (Å²) in [5.74, 6) is 5.09. The number of rotatable bonds is 6. The zero-order valence-electron chi connectivity index (χ0n) is 22.2. The third-order valence-corrected chi connectivity index (χ3v) is 11.0. The summed E-state index contributed by atoms with van der Waals surface area (Å²) in [6.07, 6.45) is 16.1. The van der Waals surface area contributed by atoms with Crippen molar-refractivity contribution in [3.8, 4) is 18.1 Å². The van der Waals surface area contributed by atoms with Crippen LogP contribution in [0.4, 0.5) is 0 Å². The molecule has 0 aromatic heterocycles. The van der Waals surface area contributed by atoms with E-state index < -0.39 is 21.6 Å². The molecule has 38 heavy (non-hydrogen) atoms. The lowest BCUT2D eigenvalue weighted by atomic mass is 9.49. The summed E-state index contributed by atoms with van der Waals surface area (Å²) in [6, 6.07) is 4.26. The summed E-state index contributed by atoms with van der Waals surface area (Å²) in [7, 11) is -3.83. The van der Waals surface area contributed by atoms with Crippen molar-refractivity contribution < 1.29 is 27.5 Å². The molecule has 8 heteroatoms. The summed E-state index contributed by atoms with van der Waals surface area (Å²) >= 11 is 0. The smallest absolute Gasteiger partial charge is 0.345 e. The highest BCUT2D eigenvalue weighted by atomic mass is 32.2. The van der Waals surface area contributed by atoms with E-state index in [1.54, 1.807) is 6.92 Å². The molecule has 4 aliphatic rings. The van der Waals surface area contributed by atoms with Gasteiger partial charge >= 0.3 is 5.97 Å². The fourth-order valence-corrected chi connectivity index (χ4v) is 9.04. The van der Waals surface area contributed by atoms with Gasteiger partial charge in [-0.2, -0.15) is 0 Å². The third-order valence-electron chi connectivity index (χ3n) is 10.1. The molecule has 0 radical (unpaired) electrons. The lowest BCUT2D eigenvalue weighted by Crippen LogP contribution is -2.55. The fourth-order valence-electron chi connectivity index (χ4n) is 8.44. The molecule has 1 aromatic rings. The first-order valence-corrected chi connectivity index (χ1v) is 15.3. The Labute approximate surface area is 225 Å². The minimum absolute atomic E-state index is 0.0150. The lowest BCUT2D eigenvalue weighted by molar-refractivity contribution is -0.175. The number of esters is 1. The molecule has 0 amide bonds. The maximum atomic E-state index is 13.1. The topological polar surface area (TPSA) is 113 Å². The Kier molecular flexibility index (Phi) is 6.98. The van der Waals surface area contributed by atoms with E-state index in [-0.39, 0.29) is 22.7 Å². The zero-order valence-corrected chi connectivity index (χ0v) is 23.0. The Hall–Kier alpha value is -2.63. The van der Waals surface area contributed by atoms with Crippen LogP contribution in [-0.2, 0) is 24.3 Å². The van der Waals surface area contributed by atoms with Crippen molar-refractivity contribution in [2.45, 2.75) is 82.1 Å². The number of primary sulfonamides is 1. The summed E-state index contributed by atoms with van der Waals surface area (Å²) in [5.41, 5.74) is 0.666. The van der Waals surface area contributed by atoms with Gasteiger partial charge in [-0.15, -0.1) is 6.42 Å². The number of hydrogen-bond acceptors (Lipinski definition) is 6. The zero-order chi connectivity index (χ0) is 27.3. The van der Waals surface area contributed by atoms with Gasteiger partial charge in [0.2, 0.25) is 10.0 Å². The van der Waals surface area contributed by atoms with E-state index in [1.165, 1.54) is 23.8 Å². The molecular weight excluding hydrogens is 502 g/mol. The molecule has 204 valence electrons. The first kappa shape index (κ1) is 27.0. The van der Waals surface area contributed by atoms with Gasteiger partial charge < -0.3 is 9.47 Å². The number of fused-ring (bicyclic) bond motifs is 5. The van der Waals surface area contributed by atoms with Crippen LogP contribution in [0.15, 0.2) is 34.7 Å². The molecule has 0 heterocycles. The highest BCUT2D eigenvalue weighted by molar-refractivity contribution is 7.89. The van der Waals surface area contributed by atoms with Crippen molar-refractivity contribution in [2.75, 3.05) is 6.61 Å². The Bertz CT molecular complexity index is 1330. The molecule has 2 N–H and O–H groups in total. The third kappa shape index (κ3) is 4.38. The molecule has 4 unspecified atom stereocenters. The number of carbonyl (C=O) groups excluding carboxylic acids is 2. The number of aryl methyl sites for hydroxylation is 1. The predicted octanol–water partition coefficient (Wildman–Crippen LogP) is 4.47. The fraction of sp³-hybridized carbons (Fsp3) is 0.600. The molecule has 6 atom stereocenters. The van der Waals surface area contributed by atoms with Crippen LogP contribution in [0.25, 0.3) is 0 Å². The number of carbonyl (C=O) groups is 2. The maximum Gasteiger partial charge on any atom is 0.345 e. The number of sulfonamides is 1. The van der Waals surface area contributed by atoms with E-state index >= 15 is 0 Å². The van der Waals surface area contributed by atoms with Gasteiger partial charge in [-0.05, 0) is 112 Å². The first-order valence-electron chi connectivity index (χ1n) is 13.7. The second-order valence-corrected chi connectivity index (χ2v) is 13.2. The highest BCUT2D eigenvalue weighted by Crippen LogP contribution is 2.67. The van der Waals surface area contributed by atoms with Crippen LogP contribution >= 0.6 is 0 Å². The number of terminal acetylenes is 1. The average Bonchev–Trinajstić information content (AvgIpc) is 3.21. The van der Waals surface area contributed by atoms with Gasteiger partial charge in [-0.1, -0.05) is 18.4 Å². The van der Waals surface area contributed by atoms with E-state index in [9.17, 15) is 18.0 Å². The molecule has 0 aliphatic heterocycles. The van der Waals surface area contributed by atoms with E-state index in [1.807, 2.05) is 6.08 Å². The normalized spacial score (nSPS) is 34.3. The largest absolute Gasteiger partial charge is 0.482 e. The monoisotopic (exact) mass is 539 g/mol. The van der Waals surface area contributed by atoms with Crippen molar-refractivity contribution in [1.82, 2.24) is 0 Å². The van der Waals surface area contributed by atoms with Crippen molar-refractivity contribution in [3.63, 3.8) is 0 Å². The van der Waals surface area contributed by atoms with Gasteiger partial charge in [0.1, 0.15) is 5.75 Å². The molecule has 5 rings (SSSR count). The number of allylic oxidation sites excluding steroid dienone is 1. The Morgan fingerprint density at radius 1 is 1.16 bits per heavy atom. The Balaban J connectivity index is 1.31. The van der Waals surface area contributed by atoms with Gasteiger partial charge in [0.05, 0.1) is 4.90 Å². The minimum atomic E-state index is -3.83. The summed E-state index contributed by atoms with van der Waals surface area (Å²) < 4.78 is 35.1. The summed E-state index contributed by atoms with van der Waals surface area (Å²) in [4.78, 5) is 25.1. The molecule has 3 fully saturated rings. The molecular formula is C30H37NO6S. The molecule has 7 nitrogen and oxygen atoms in total.